The zero-order valence-electron chi connectivity index (χ0n) is 12.4. The molecule has 0 spiro atoms. The number of aromatic nitrogens is 2. The first-order valence-electron chi connectivity index (χ1n) is 6.34. The first-order chi connectivity index (χ1) is 11.6. The Hall–Kier alpha value is -3.07. The Morgan fingerprint density at radius 2 is 2.12 bits per heavy atom. The Labute approximate surface area is 142 Å². The molecule has 25 heavy (non-hydrogen) atoms. The van der Waals surface area contributed by atoms with Crippen LogP contribution in [0.25, 0.3) is 0 Å². The molecule has 2 aromatic rings. The number of nitriles is 1. The highest BCUT2D eigenvalue weighted by Crippen LogP contribution is 2.34. The van der Waals surface area contributed by atoms with Crippen LogP contribution in [0.3, 0.4) is 0 Å². The number of hydrogen-bond donors (Lipinski definition) is 1. The monoisotopic (exact) mass is 371 g/mol. The quantitative estimate of drug-likeness (QED) is 0.499. The molecule has 0 aliphatic carbocycles. The lowest BCUT2D eigenvalue weighted by Gasteiger charge is -2.08. The van der Waals surface area contributed by atoms with Crippen LogP contribution in [-0.4, -0.2) is 26.9 Å². The zero-order chi connectivity index (χ0) is 18.9. The van der Waals surface area contributed by atoms with Gasteiger partial charge in [0.15, 0.2) is 0 Å². The van der Waals surface area contributed by atoms with Gasteiger partial charge in [0, 0.05) is 6.07 Å². The van der Waals surface area contributed by atoms with Crippen LogP contribution in [-0.2, 0) is 6.18 Å². The molecule has 0 saturated heterocycles. The van der Waals surface area contributed by atoms with Crippen molar-refractivity contribution in [3.05, 3.63) is 45.0 Å². The van der Waals surface area contributed by atoms with E-state index in [1.165, 1.54) is 0 Å². The number of thioether (sulfide) groups is 1. The number of alkyl halides is 3. The van der Waals surface area contributed by atoms with E-state index >= 15 is 0 Å². The molecule has 0 bridgehead atoms. The van der Waals surface area contributed by atoms with Crippen LogP contribution in [0.1, 0.15) is 21.5 Å². The number of carbonyl (C=O) groups is 1. The van der Waals surface area contributed by atoms with Gasteiger partial charge in [-0.25, -0.2) is 0 Å². The van der Waals surface area contributed by atoms with E-state index in [0.717, 1.165) is 11.8 Å². The van der Waals surface area contributed by atoms with Crippen LogP contribution < -0.4 is 5.73 Å². The molecule has 2 rings (SSSR count). The molecule has 0 radical (unpaired) electrons. The molecule has 1 aromatic heterocycles. The molecule has 2 N–H and O–H groups in total. The van der Waals surface area contributed by atoms with Gasteiger partial charge in [-0.2, -0.15) is 28.2 Å². The Bertz CT molecular complexity index is 917. The fourth-order valence-corrected chi connectivity index (χ4v) is 2.48. The highest BCUT2D eigenvalue weighted by atomic mass is 32.2. The molecule has 130 valence electrons. The predicted octanol–water partition coefficient (Wildman–Crippen LogP) is 2.67. The fraction of sp³-hybridized carbons (Fsp3) is 0.154. The molecule has 0 fully saturated rings. The molecule has 0 saturated carbocycles. The van der Waals surface area contributed by atoms with Gasteiger partial charge in [-0.15, -0.1) is 11.8 Å². The number of hydrogen-bond acceptors (Lipinski definition) is 7. The van der Waals surface area contributed by atoms with Crippen molar-refractivity contribution in [2.24, 2.45) is 0 Å². The lowest BCUT2D eigenvalue weighted by molar-refractivity contribution is -0.385. The van der Waals surface area contributed by atoms with E-state index < -0.39 is 33.8 Å². The SMILES string of the molecule is CSc1nn(C(=O)c2ccc(C(F)(F)F)cc2[N+](=O)[O-])c(N)c1C#N. The van der Waals surface area contributed by atoms with E-state index in [0.29, 0.717) is 16.8 Å². The van der Waals surface area contributed by atoms with Crippen molar-refractivity contribution in [1.82, 2.24) is 9.78 Å². The normalized spacial score (nSPS) is 11.2. The summed E-state index contributed by atoms with van der Waals surface area (Å²) in [6, 6.07) is 3.22. The number of carbonyl (C=O) groups excluding carboxylic acids is 1. The molecule has 0 aliphatic rings. The number of anilines is 1. The Morgan fingerprint density at radius 3 is 2.56 bits per heavy atom. The van der Waals surface area contributed by atoms with E-state index in [1.807, 2.05) is 0 Å². The smallest absolute Gasteiger partial charge is 0.382 e. The number of rotatable bonds is 3. The number of nitro groups is 1. The molecule has 8 nitrogen and oxygen atoms in total. The highest BCUT2D eigenvalue weighted by molar-refractivity contribution is 7.98. The fourth-order valence-electron chi connectivity index (χ4n) is 1.97. The van der Waals surface area contributed by atoms with Crippen LogP contribution in [0.2, 0.25) is 0 Å². The summed E-state index contributed by atoms with van der Waals surface area (Å²) in [6.07, 6.45) is -3.24. The van der Waals surface area contributed by atoms with Gasteiger partial charge in [-0.3, -0.25) is 14.9 Å². The summed E-state index contributed by atoms with van der Waals surface area (Å²) in [7, 11) is 0. The largest absolute Gasteiger partial charge is 0.416 e. The maximum atomic E-state index is 12.7. The maximum absolute atomic E-state index is 12.7. The van der Waals surface area contributed by atoms with Gasteiger partial charge in [0.25, 0.3) is 11.6 Å². The summed E-state index contributed by atoms with van der Waals surface area (Å²) in [4.78, 5) is 22.4. The van der Waals surface area contributed by atoms with Crippen molar-refractivity contribution in [2.45, 2.75) is 11.2 Å². The summed E-state index contributed by atoms with van der Waals surface area (Å²) in [5.74, 6) is -1.47. The first-order valence-corrected chi connectivity index (χ1v) is 7.57. The van der Waals surface area contributed by atoms with Gasteiger partial charge in [0.05, 0.1) is 10.5 Å². The molecule has 12 heteroatoms. The van der Waals surface area contributed by atoms with E-state index in [1.54, 1.807) is 12.3 Å². The van der Waals surface area contributed by atoms with Gasteiger partial charge < -0.3 is 5.73 Å². The molecular formula is C13H8F3N5O3S. The molecule has 1 heterocycles. The number of halogens is 3. The van der Waals surface area contributed by atoms with E-state index in [9.17, 15) is 28.1 Å². The van der Waals surface area contributed by atoms with Crippen LogP contribution in [0.15, 0.2) is 23.2 Å². The van der Waals surface area contributed by atoms with Crippen molar-refractivity contribution in [3.8, 4) is 6.07 Å². The molecule has 0 amide bonds. The van der Waals surface area contributed by atoms with Crippen LogP contribution in [0, 0.1) is 21.4 Å². The lowest BCUT2D eigenvalue weighted by atomic mass is 10.1. The molecular weight excluding hydrogens is 363 g/mol. The van der Waals surface area contributed by atoms with Crippen molar-refractivity contribution in [3.63, 3.8) is 0 Å². The topological polar surface area (TPSA) is 128 Å². The zero-order valence-corrected chi connectivity index (χ0v) is 13.2. The summed E-state index contributed by atoms with van der Waals surface area (Å²) in [5.41, 5.74) is 2.60. The molecule has 1 aromatic carbocycles. The highest BCUT2D eigenvalue weighted by Gasteiger charge is 2.35. The molecule has 0 aliphatic heterocycles. The standard InChI is InChI=1S/C13H8F3N5O3S/c1-25-11-8(5-17)10(18)20(19-11)12(22)7-3-2-6(13(14,15)16)4-9(7)21(23)24/h2-4H,18H2,1H3. The Kier molecular flexibility index (Phi) is 4.71. The minimum absolute atomic E-state index is 0.101. The average Bonchev–Trinajstić information content (AvgIpc) is 2.88. The van der Waals surface area contributed by atoms with Crippen molar-refractivity contribution >= 4 is 29.2 Å². The minimum atomic E-state index is -4.81. The van der Waals surface area contributed by atoms with Gasteiger partial charge >= 0.3 is 6.18 Å². The second kappa shape index (κ2) is 6.44. The van der Waals surface area contributed by atoms with E-state index in [4.69, 9.17) is 11.0 Å². The second-order valence-electron chi connectivity index (χ2n) is 4.59. The van der Waals surface area contributed by atoms with Gasteiger partial charge in [-0.05, 0) is 18.4 Å². The Morgan fingerprint density at radius 1 is 1.48 bits per heavy atom. The Balaban J connectivity index is 2.63. The lowest BCUT2D eigenvalue weighted by Crippen LogP contribution is -2.18. The molecule has 0 unspecified atom stereocenters. The number of nitro benzene ring substituents is 1. The van der Waals surface area contributed by atoms with Crippen molar-refractivity contribution in [1.29, 1.82) is 5.26 Å². The van der Waals surface area contributed by atoms with Crippen molar-refractivity contribution in [2.75, 3.05) is 12.0 Å². The van der Waals surface area contributed by atoms with E-state index in [-0.39, 0.29) is 22.5 Å². The summed E-state index contributed by atoms with van der Waals surface area (Å²) < 4.78 is 38.7. The van der Waals surface area contributed by atoms with Gasteiger partial charge in [0.1, 0.15) is 28.0 Å². The predicted molar refractivity (Wildman–Crippen MR) is 81.0 cm³/mol. The third-order valence-electron chi connectivity index (χ3n) is 3.14. The number of nitrogens with zero attached hydrogens (tertiary/aromatic N) is 4. The average molecular weight is 371 g/mol. The number of nitrogen functional groups attached to an aromatic ring is 1. The maximum Gasteiger partial charge on any atom is 0.416 e. The van der Waals surface area contributed by atoms with Crippen molar-refractivity contribution < 1.29 is 22.9 Å². The second-order valence-corrected chi connectivity index (χ2v) is 5.38. The minimum Gasteiger partial charge on any atom is -0.382 e. The third-order valence-corrected chi connectivity index (χ3v) is 3.81. The van der Waals surface area contributed by atoms with E-state index in [2.05, 4.69) is 5.10 Å². The summed E-state index contributed by atoms with van der Waals surface area (Å²) >= 11 is 1.01. The third kappa shape index (κ3) is 3.26. The van der Waals surface area contributed by atoms with Gasteiger partial charge in [0.2, 0.25) is 0 Å². The van der Waals surface area contributed by atoms with Crippen LogP contribution in [0.5, 0.6) is 0 Å². The summed E-state index contributed by atoms with van der Waals surface area (Å²) in [6.45, 7) is 0. The molecule has 0 atom stereocenters. The first kappa shape index (κ1) is 18.3. The number of benzene rings is 1. The van der Waals surface area contributed by atoms with Crippen LogP contribution in [0.4, 0.5) is 24.7 Å². The van der Waals surface area contributed by atoms with Gasteiger partial charge in [-0.1, -0.05) is 0 Å². The number of nitrogens with two attached hydrogens (primary N) is 1. The summed E-state index contributed by atoms with van der Waals surface area (Å²) in [5, 5.41) is 24.0. The van der Waals surface area contributed by atoms with Crippen LogP contribution >= 0.6 is 11.8 Å².